The minimum absolute atomic E-state index is 0. The quantitative estimate of drug-likeness (QED) is 0.605. The van der Waals surface area contributed by atoms with Gasteiger partial charge in [0.1, 0.15) is 0 Å². The van der Waals surface area contributed by atoms with Crippen LogP contribution < -0.4 is 4.74 Å². The van der Waals surface area contributed by atoms with Crippen molar-refractivity contribution in [2.45, 2.75) is 6.92 Å². The number of methoxy groups -OCH3 is 1. The second-order valence-corrected chi connectivity index (χ2v) is 4.49. The van der Waals surface area contributed by atoms with Gasteiger partial charge < -0.3 is 14.4 Å². The Balaban J connectivity index is 0.00000220. The van der Waals surface area contributed by atoms with Gasteiger partial charge in [-0.15, -0.1) is 5.57 Å². The van der Waals surface area contributed by atoms with E-state index in [9.17, 15) is 4.39 Å². The second-order valence-electron chi connectivity index (χ2n) is 4.49. The van der Waals surface area contributed by atoms with Gasteiger partial charge in [0.25, 0.3) is 0 Å². The molecule has 109 valence electrons. The zero-order valence-corrected chi connectivity index (χ0v) is 15.3. The Labute approximate surface area is 150 Å². The second kappa shape index (κ2) is 7.88. The predicted molar refractivity (Wildman–Crippen MR) is 76.2 cm³/mol. The monoisotopic (exact) mass is 363 g/mol. The van der Waals surface area contributed by atoms with Gasteiger partial charge in [-0.05, 0) is 23.4 Å². The molecule has 0 aliphatic carbocycles. The molecule has 0 aromatic heterocycles. The van der Waals surface area contributed by atoms with E-state index in [1.54, 1.807) is 23.1 Å². The van der Waals surface area contributed by atoms with Crippen LogP contribution in [-0.2, 0) is 37.4 Å². The number of nitrogens with zero attached hydrogens (tertiary/aromatic N) is 1. The fraction of sp³-hybridized carbons (Fsp3) is 0.250. The van der Waals surface area contributed by atoms with Gasteiger partial charge in [-0.3, -0.25) is 0 Å². The SMILES string of the molecule is C=C1C(C)=C[C-]=C(c2c(F)cccc2OCOC)N1C.[Y]. The zero-order valence-electron chi connectivity index (χ0n) is 12.4. The minimum Gasteiger partial charge on any atom is -0.480 e. The first kappa shape index (κ1) is 18.1. The molecule has 0 bridgehead atoms. The van der Waals surface area contributed by atoms with Crippen molar-refractivity contribution in [1.82, 2.24) is 4.90 Å². The van der Waals surface area contributed by atoms with Crippen LogP contribution in [0.4, 0.5) is 4.39 Å². The molecule has 1 aliphatic heterocycles. The predicted octanol–water partition coefficient (Wildman–Crippen LogP) is 3.36. The maximum absolute atomic E-state index is 14.2. The van der Waals surface area contributed by atoms with E-state index in [1.165, 1.54) is 13.2 Å². The summed E-state index contributed by atoms with van der Waals surface area (Å²) in [6.07, 6.45) is 4.88. The summed E-state index contributed by atoms with van der Waals surface area (Å²) in [5.41, 5.74) is 2.74. The number of rotatable bonds is 4. The van der Waals surface area contributed by atoms with Gasteiger partial charge >= 0.3 is 0 Å². The van der Waals surface area contributed by atoms with Crippen LogP contribution in [0.3, 0.4) is 0 Å². The molecule has 0 N–H and O–H groups in total. The Morgan fingerprint density at radius 2 is 2.10 bits per heavy atom. The fourth-order valence-corrected chi connectivity index (χ4v) is 1.97. The Kier molecular flexibility index (Phi) is 6.78. The fourth-order valence-electron chi connectivity index (χ4n) is 1.97. The molecule has 3 nitrogen and oxygen atoms in total. The van der Waals surface area contributed by atoms with Crippen molar-refractivity contribution in [2.24, 2.45) is 0 Å². The van der Waals surface area contributed by atoms with Crippen molar-refractivity contribution in [2.75, 3.05) is 21.0 Å². The summed E-state index contributed by atoms with van der Waals surface area (Å²) in [7, 11) is 3.35. The standard InChI is InChI=1S/C16H17FNO2.Y/c1-11-8-9-14(18(3)12(11)2)16-13(17)6-5-7-15(16)20-10-19-4;/h5-8H,2,10H2,1,3-4H3;/q-1;. The van der Waals surface area contributed by atoms with Crippen LogP contribution in [-0.4, -0.2) is 25.9 Å². The molecule has 0 atom stereocenters. The van der Waals surface area contributed by atoms with Crippen LogP contribution in [0.1, 0.15) is 12.5 Å². The van der Waals surface area contributed by atoms with Gasteiger partial charge in [0, 0.05) is 46.9 Å². The van der Waals surface area contributed by atoms with Crippen LogP contribution in [0.25, 0.3) is 5.70 Å². The molecule has 0 saturated carbocycles. The Bertz CT molecular complexity index is 596. The third kappa shape index (κ3) is 3.82. The zero-order chi connectivity index (χ0) is 14.7. The summed E-state index contributed by atoms with van der Waals surface area (Å²) < 4.78 is 24.5. The molecule has 1 aliphatic rings. The number of hydrogen-bond donors (Lipinski definition) is 0. The van der Waals surface area contributed by atoms with Crippen molar-refractivity contribution in [3.63, 3.8) is 0 Å². The summed E-state index contributed by atoms with van der Waals surface area (Å²) in [5.74, 6) is 0.0515. The number of benzene rings is 1. The van der Waals surface area contributed by atoms with Gasteiger partial charge in [-0.1, -0.05) is 25.3 Å². The first-order valence-corrected chi connectivity index (χ1v) is 6.20. The van der Waals surface area contributed by atoms with Gasteiger partial charge in [0.05, 0.1) is 11.6 Å². The van der Waals surface area contributed by atoms with E-state index in [0.717, 1.165) is 11.3 Å². The largest absolute Gasteiger partial charge is 0.480 e. The molecule has 2 rings (SSSR count). The van der Waals surface area contributed by atoms with Crippen LogP contribution in [0.15, 0.2) is 42.1 Å². The summed E-state index contributed by atoms with van der Waals surface area (Å²) >= 11 is 0. The van der Waals surface area contributed by atoms with E-state index in [-0.39, 0.29) is 45.3 Å². The van der Waals surface area contributed by atoms with Crippen LogP contribution in [0.5, 0.6) is 5.75 Å². The number of likely N-dealkylation sites (N-methyl/N-ethyl adjacent to an activating group) is 1. The molecule has 1 aromatic carbocycles. The van der Waals surface area contributed by atoms with Crippen LogP contribution in [0.2, 0.25) is 0 Å². The Hall–Kier alpha value is -0.966. The topological polar surface area (TPSA) is 21.7 Å². The first-order chi connectivity index (χ1) is 9.56. The molecule has 5 heteroatoms. The van der Waals surface area contributed by atoms with E-state index in [0.29, 0.717) is 17.0 Å². The van der Waals surface area contributed by atoms with E-state index in [4.69, 9.17) is 9.47 Å². The molecule has 21 heavy (non-hydrogen) atoms. The number of allylic oxidation sites excluding steroid dienone is 3. The van der Waals surface area contributed by atoms with E-state index in [2.05, 4.69) is 12.7 Å². The average molecular weight is 363 g/mol. The first-order valence-electron chi connectivity index (χ1n) is 6.20. The number of hydrogen-bond acceptors (Lipinski definition) is 3. The molecule has 0 unspecified atom stereocenters. The van der Waals surface area contributed by atoms with E-state index < -0.39 is 0 Å². The van der Waals surface area contributed by atoms with Crippen LogP contribution >= 0.6 is 0 Å². The van der Waals surface area contributed by atoms with E-state index in [1.807, 2.05) is 14.0 Å². The summed E-state index contributed by atoms with van der Waals surface area (Å²) in [5, 5.41) is 0. The molecule has 0 saturated heterocycles. The van der Waals surface area contributed by atoms with Crippen molar-refractivity contribution >= 4 is 5.70 Å². The maximum atomic E-state index is 14.2. The van der Waals surface area contributed by atoms with Gasteiger partial charge in [0.2, 0.25) is 0 Å². The molecule has 0 fully saturated rings. The van der Waals surface area contributed by atoms with Crippen LogP contribution in [0, 0.1) is 11.9 Å². The minimum atomic E-state index is -0.367. The summed E-state index contributed by atoms with van der Waals surface area (Å²) in [6, 6.07) is 4.70. The molecular formula is C16H17FNO2Y-. The normalized spacial score (nSPS) is 14.3. The van der Waals surface area contributed by atoms with Crippen molar-refractivity contribution in [1.29, 1.82) is 0 Å². The average Bonchev–Trinajstić information content (AvgIpc) is 2.44. The number of halogens is 1. The maximum Gasteiger partial charge on any atom is 0.187 e. The molecular weight excluding hydrogens is 346 g/mol. The van der Waals surface area contributed by atoms with Gasteiger partial charge in [-0.2, -0.15) is 12.2 Å². The third-order valence-electron chi connectivity index (χ3n) is 3.17. The van der Waals surface area contributed by atoms with Gasteiger partial charge in [0.15, 0.2) is 6.79 Å². The Morgan fingerprint density at radius 1 is 1.38 bits per heavy atom. The van der Waals surface area contributed by atoms with E-state index >= 15 is 0 Å². The van der Waals surface area contributed by atoms with Crippen molar-refractivity contribution < 1.29 is 46.6 Å². The summed E-state index contributed by atoms with van der Waals surface area (Å²) in [4.78, 5) is 1.80. The Morgan fingerprint density at radius 3 is 2.76 bits per heavy atom. The van der Waals surface area contributed by atoms with Crippen molar-refractivity contribution in [3.8, 4) is 5.75 Å². The molecule has 0 amide bonds. The number of ether oxygens (including phenoxy) is 2. The third-order valence-corrected chi connectivity index (χ3v) is 3.17. The summed E-state index contributed by atoms with van der Waals surface area (Å²) in [6.45, 7) is 5.98. The van der Waals surface area contributed by atoms with Crippen molar-refractivity contribution in [3.05, 3.63) is 59.6 Å². The molecule has 1 heterocycles. The molecule has 1 aromatic rings. The molecule has 0 spiro atoms. The molecule has 1 radical (unpaired) electrons. The smallest absolute Gasteiger partial charge is 0.187 e. The van der Waals surface area contributed by atoms with Gasteiger partial charge in [-0.25, -0.2) is 4.39 Å².